The van der Waals surface area contributed by atoms with Crippen molar-refractivity contribution in [3.8, 4) is 0 Å². The van der Waals surface area contributed by atoms with Gasteiger partial charge in [-0.15, -0.1) is 0 Å². The summed E-state index contributed by atoms with van der Waals surface area (Å²) >= 11 is 9.33. The Labute approximate surface area is 170 Å². The monoisotopic (exact) mass is 460 g/mol. The van der Waals surface area contributed by atoms with Crippen LogP contribution in [0.5, 0.6) is 0 Å². The Balaban J connectivity index is 1.56. The Morgan fingerprint density at radius 3 is 2.52 bits per heavy atom. The second-order valence-corrected chi connectivity index (χ2v) is 7.69. The topological polar surface area (TPSA) is 41.4 Å². The molecule has 1 amide bonds. The van der Waals surface area contributed by atoms with E-state index >= 15 is 0 Å². The van der Waals surface area contributed by atoms with E-state index in [9.17, 15) is 13.6 Å². The quantitative estimate of drug-likeness (QED) is 0.678. The lowest BCUT2D eigenvalue weighted by molar-refractivity contribution is -0.133. The Morgan fingerprint density at radius 1 is 1.26 bits per heavy atom. The van der Waals surface area contributed by atoms with Gasteiger partial charge in [0.25, 0.3) is 6.43 Å². The Kier molecular flexibility index (Phi) is 6.49. The van der Waals surface area contributed by atoms with E-state index < -0.39 is 6.43 Å². The van der Waals surface area contributed by atoms with Crippen molar-refractivity contribution in [2.75, 3.05) is 26.2 Å². The molecule has 1 aliphatic rings. The SMILES string of the molecule is Cc1c(Br)c(C(F)F)nn1CC(=O)N1CCN(Cc2ccccc2Cl)CC1. The lowest BCUT2D eigenvalue weighted by Gasteiger charge is -2.35. The van der Waals surface area contributed by atoms with Crippen LogP contribution in [0, 0.1) is 6.92 Å². The number of alkyl halides is 2. The van der Waals surface area contributed by atoms with Crippen molar-refractivity contribution in [2.45, 2.75) is 26.4 Å². The fourth-order valence-corrected chi connectivity index (χ4v) is 3.74. The standard InChI is InChI=1S/C18H20BrClF2N4O/c1-12-16(19)17(18(21)22)23-26(12)11-15(27)25-8-6-24(7-9-25)10-13-4-2-3-5-14(13)20/h2-5,18H,6-11H2,1H3. The molecule has 5 nitrogen and oxygen atoms in total. The highest BCUT2D eigenvalue weighted by Gasteiger charge is 2.25. The highest BCUT2D eigenvalue weighted by molar-refractivity contribution is 9.10. The van der Waals surface area contributed by atoms with Crippen molar-refractivity contribution in [1.29, 1.82) is 0 Å². The molecular weight excluding hydrogens is 442 g/mol. The summed E-state index contributed by atoms with van der Waals surface area (Å²) in [5.41, 5.74) is 1.26. The van der Waals surface area contributed by atoms with Gasteiger partial charge < -0.3 is 4.90 Å². The molecule has 0 radical (unpaired) electrons. The first-order chi connectivity index (χ1) is 12.9. The number of rotatable bonds is 5. The molecule has 1 aliphatic heterocycles. The number of carbonyl (C=O) groups excluding carboxylic acids is 1. The molecule has 1 fully saturated rings. The van der Waals surface area contributed by atoms with Gasteiger partial charge in [-0.25, -0.2) is 8.78 Å². The predicted molar refractivity (Wildman–Crippen MR) is 103 cm³/mol. The molecule has 0 atom stereocenters. The summed E-state index contributed by atoms with van der Waals surface area (Å²) in [6, 6.07) is 7.73. The zero-order valence-electron chi connectivity index (χ0n) is 14.8. The van der Waals surface area contributed by atoms with Crippen LogP contribution in [-0.2, 0) is 17.9 Å². The Bertz CT molecular complexity index is 822. The fourth-order valence-electron chi connectivity index (χ4n) is 3.09. The van der Waals surface area contributed by atoms with E-state index in [0.29, 0.717) is 18.8 Å². The number of benzene rings is 1. The highest BCUT2D eigenvalue weighted by atomic mass is 79.9. The van der Waals surface area contributed by atoms with E-state index in [4.69, 9.17) is 11.6 Å². The third kappa shape index (κ3) is 4.67. The molecule has 0 bridgehead atoms. The summed E-state index contributed by atoms with van der Waals surface area (Å²) in [4.78, 5) is 16.5. The first kappa shape index (κ1) is 20.2. The van der Waals surface area contributed by atoms with Crippen LogP contribution in [-0.4, -0.2) is 51.7 Å². The molecule has 27 heavy (non-hydrogen) atoms. The normalized spacial score (nSPS) is 15.6. The van der Waals surface area contributed by atoms with Crippen molar-refractivity contribution in [2.24, 2.45) is 0 Å². The van der Waals surface area contributed by atoms with Crippen LogP contribution in [0.15, 0.2) is 28.7 Å². The molecule has 0 aliphatic carbocycles. The van der Waals surface area contributed by atoms with Crippen molar-refractivity contribution in [3.05, 3.63) is 50.7 Å². The van der Waals surface area contributed by atoms with Crippen molar-refractivity contribution in [1.82, 2.24) is 19.6 Å². The molecule has 0 spiro atoms. The van der Waals surface area contributed by atoms with Gasteiger partial charge in [0.15, 0.2) is 0 Å². The van der Waals surface area contributed by atoms with Gasteiger partial charge in [0, 0.05) is 37.7 Å². The van der Waals surface area contributed by atoms with E-state index in [1.165, 1.54) is 4.68 Å². The summed E-state index contributed by atoms with van der Waals surface area (Å²) in [7, 11) is 0. The van der Waals surface area contributed by atoms with Crippen molar-refractivity contribution < 1.29 is 13.6 Å². The van der Waals surface area contributed by atoms with E-state index in [1.54, 1.807) is 11.8 Å². The Hall–Kier alpha value is -1.51. The maximum atomic E-state index is 12.9. The third-order valence-electron chi connectivity index (χ3n) is 4.73. The number of aromatic nitrogens is 2. The zero-order chi connectivity index (χ0) is 19.6. The minimum Gasteiger partial charge on any atom is -0.339 e. The maximum absolute atomic E-state index is 12.9. The molecule has 0 saturated carbocycles. The summed E-state index contributed by atoms with van der Waals surface area (Å²) in [5.74, 6) is -0.119. The molecule has 1 saturated heterocycles. The molecule has 3 rings (SSSR count). The van der Waals surface area contributed by atoms with Crippen LogP contribution in [0.3, 0.4) is 0 Å². The second kappa shape index (κ2) is 8.67. The van der Waals surface area contributed by atoms with Crippen LogP contribution in [0.4, 0.5) is 8.78 Å². The molecule has 2 heterocycles. The maximum Gasteiger partial charge on any atom is 0.283 e. The van der Waals surface area contributed by atoms with Crippen LogP contribution in [0.2, 0.25) is 5.02 Å². The fraction of sp³-hybridized carbons (Fsp3) is 0.444. The number of hydrogen-bond acceptors (Lipinski definition) is 3. The molecule has 0 unspecified atom stereocenters. The van der Waals surface area contributed by atoms with Gasteiger partial charge in [0.05, 0.1) is 10.2 Å². The number of piperazine rings is 1. The van der Waals surface area contributed by atoms with Crippen LogP contribution >= 0.6 is 27.5 Å². The average Bonchev–Trinajstić information content (AvgIpc) is 2.93. The minimum absolute atomic E-state index is 0.0400. The van der Waals surface area contributed by atoms with E-state index in [0.717, 1.165) is 30.2 Å². The molecule has 0 N–H and O–H groups in total. The molecule has 146 valence electrons. The van der Waals surface area contributed by atoms with Crippen molar-refractivity contribution in [3.63, 3.8) is 0 Å². The van der Waals surface area contributed by atoms with Gasteiger partial charge in [-0.2, -0.15) is 5.10 Å². The van der Waals surface area contributed by atoms with Gasteiger partial charge in [-0.05, 0) is 34.5 Å². The number of amides is 1. The summed E-state index contributed by atoms with van der Waals surface area (Å²) < 4.78 is 27.5. The van der Waals surface area contributed by atoms with Gasteiger partial charge in [-0.1, -0.05) is 29.8 Å². The zero-order valence-corrected chi connectivity index (χ0v) is 17.2. The average molecular weight is 462 g/mol. The summed E-state index contributed by atoms with van der Waals surface area (Å²) in [6.07, 6.45) is -2.68. The molecule has 1 aromatic heterocycles. The summed E-state index contributed by atoms with van der Waals surface area (Å²) in [5, 5.41) is 4.61. The van der Waals surface area contributed by atoms with Crippen LogP contribution in [0.1, 0.15) is 23.4 Å². The highest BCUT2D eigenvalue weighted by Crippen LogP contribution is 2.29. The molecular formula is C18H20BrClF2N4O. The number of nitrogens with zero attached hydrogens (tertiary/aromatic N) is 4. The molecule has 2 aromatic rings. The second-order valence-electron chi connectivity index (χ2n) is 6.49. The third-order valence-corrected chi connectivity index (χ3v) is 6.08. The lowest BCUT2D eigenvalue weighted by Crippen LogP contribution is -2.49. The van der Waals surface area contributed by atoms with Gasteiger partial charge in [0.1, 0.15) is 12.2 Å². The smallest absolute Gasteiger partial charge is 0.283 e. The van der Waals surface area contributed by atoms with Gasteiger partial charge in [0.2, 0.25) is 5.91 Å². The Morgan fingerprint density at radius 2 is 1.93 bits per heavy atom. The first-order valence-corrected chi connectivity index (χ1v) is 9.78. The van der Waals surface area contributed by atoms with E-state index in [2.05, 4.69) is 25.9 Å². The van der Waals surface area contributed by atoms with E-state index in [1.807, 2.05) is 24.3 Å². The van der Waals surface area contributed by atoms with Crippen LogP contribution in [0.25, 0.3) is 0 Å². The minimum atomic E-state index is -2.68. The van der Waals surface area contributed by atoms with Gasteiger partial charge in [-0.3, -0.25) is 14.4 Å². The molecule has 1 aromatic carbocycles. The summed E-state index contributed by atoms with van der Waals surface area (Å²) in [6.45, 7) is 5.02. The number of hydrogen-bond donors (Lipinski definition) is 0. The number of halogens is 4. The van der Waals surface area contributed by atoms with Gasteiger partial charge >= 0.3 is 0 Å². The lowest BCUT2D eigenvalue weighted by atomic mass is 10.2. The number of carbonyl (C=O) groups is 1. The molecule has 9 heteroatoms. The van der Waals surface area contributed by atoms with Crippen LogP contribution < -0.4 is 0 Å². The predicted octanol–water partition coefficient (Wildman–Crippen LogP) is 3.89. The van der Waals surface area contributed by atoms with Crippen molar-refractivity contribution >= 4 is 33.4 Å². The largest absolute Gasteiger partial charge is 0.339 e. The first-order valence-electron chi connectivity index (χ1n) is 8.61. The van der Waals surface area contributed by atoms with E-state index in [-0.39, 0.29) is 22.6 Å².